The van der Waals surface area contributed by atoms with E-state index in [9.17, 15) is 4.79 Å². The van der Waals surface area contributed by atoms with Crippen molar-refractivity contribution in [2.75, 3.05) is 26.8 Å². The van der Waals surface area contributed by atoms with Crippen LogP contribution >= 0.6 is 0 Å². The van der Waals surface area contributed by atoms with E-state index in [2.05, 4.69) is 15.6 Å². The Hall–Kier alpha value is -4.33. The van der Waals surface area contributed by atoms with Crippen molar-refractivity contribution in [3.63, 3.8) is 0 Å². The molecular formula is C24H22N4O4. The van der Waals surface area contributed by atoms with Gasteiger partial charge in [0.25, 0.3) is 5.56 Å². The van der Waals surface area contributed by atoms with Gasteiger partial charge in [0.15, 0.2) is 17.3 Å². The smallest absolute Gasteiger partial charge is 0.279 e. The molecule has 1 heterocycles. The molecule has 0 aliphatic rings. The minimum Gasteiger partial charge on any atom is -0.493 e. The van der Waals surface area contributed by atoms with Gasteiger partial charge in [-0.3, -0.25) is 10.2 Å². The maximum Gasteiger partial charge on any atom is 0.279 e. The topological polar surface area (TPSA) is 87.0 Å². The molecule has 0 unspecified atom stereocenters. The van der Waals surface area contributed by atoms with Crippen molar-refractivity contribution in [2.24, 2.45) is 5.10 Å². The molecule has 0 saturated carbocycles. The molecule has 3 aromatic carbocycles. The molecule has 1 aromatic heterocycles. The van der Waals surface area contributed by atoms with Gasteiger partial charge in [0.2, 0.25) is 5.75 Å². The van der Waals surface area contributed by atoms with Gasteiger partial charge in [0.1, 0.15) is 0 Å². The van der Waals surface area contributed by atoms with Gasteiger partial charge in [-0.25, -0.2) is 0 Å². The Balaban J connectivity index is 1.73. The lowest BCUT2D eigenvalue weighted by molar-refractivity contribution is 0.324. The molecule has 4 aromatic rings. The Morgan fingerprint density at radius 1 is 0.875 bits per heavy atom. The van der Waals surface area contributed by atoms with Crippen LogP contribution in [0.4, 0.5) is 5.82 Å². The van der Waals surface area contributed by atoms with Crippen molar-refractivity contribution in [3.8, 4) is 22.9 Å². The quantitative estimate of drug-likeness (QED) is 0.354. The lowest BCUT2D eigenvalue weighted by Crippen LogP contribution is -2.22. The molecule has 0 amide bonds. The number of hydrazone groups is 1. The molecule has 32 heavy (non-hydrogen) atoms. The lowest BCUT2D eigenvalue weighted by Gasteiger charge is -2.13. The number of nitrogens with zero attached hydrogens (tertiary/aromatic N) is 3. The molecule has 0 saturated heterocycles. The molecule has 8 heteroatoms. The predicted octanol–water partition coefficient (Wildman–Crippen LogP) is 3.86. The summed E-state index contributed by atoms with van der Waals surface area (Å²) in [6.07, 6.45) is 1.61. The third-order valence-electron chi connectivity index (χ3n) is 4.88. The largest absolute Gasteiger partial charge is 0.493 e. The monoisotopic (exact) mass is 430 g/mol. The first-order valence-corrected chi connectivity index (χ1v) is 9.83. The molecule has 0 aliphatic carbocycles. The molecule has 0 bridgehead atoms. The summed E-state index contributed by atoms with van der Waals surface area (Å²) in [6, 6.07) is 20.1. The summed E-state index contributed by atoms with van der Waals surface area (Å²) in [5.41, 5.74) is 4.16. The van der Waals surface area contributed by atoms with Gasteiger partial charge < -0.3 is 14.2 Å². The number of anilines is 1. The first kappa shape index (κ1) is 20.9. The number of fused-ring (bicyclic) bond motifs is 1. The molecule has 0 spiro atoms. The molecule has 0 aliphatic heterocycles. The van der Waals surface area contributed by atoms with Gasteiger partial charge >= 0.3 is 0 Å². The minimum atomic E-state index is -0.203. The van der Waals surface area contributed by atoms with E-state index in [4.69, 9.17) is 14.2 Å². The van der Waals surface area contributed by atoms with E-state index in [0.29, 0.717) is 39.5 Å². The number of aromatic nitrogens is 2. The van der Waals surface area contributed by atoms with E-state index < -0.39 is 0 Å². The molecule has 8 nitrogen and oxygen atoms in total. The summed E-state index contributed by atoms with van der Waals surface area (Å²) in [7, 11) is 4.66. The summed E-state index contributed by atoms with van der Waals surface area (Å²) in [4.78, 5) is 13.0. The highest BCUT2D eigenvalue weighted by Crippen LogP contribution is 2.37. The highest BCUT2D eigenvalue weighted by atomic mass is 16.5. The van der Waals surface area contributed by atoms with Crippen LogP contribution in [-0.2, 0) is 0 Å². The van der Waals surface area contributed by atoms with E-state index >= 15 is 0 Å². The fraction of sp³-hybridized carbons (Fsp3) is 0.125. The van der Waals surface area contributed by atoms with Crippen LogP contribution in [0.3, 0.4) is 0 Å². The van der Waals surface area contributed by atoms with Gasteiger partial charge in [-0.2, -0.15) is 9.78 Å². The van der Waals surface area contributed by atoms with Gasteiger partial charge in [0.05, 0.1) is 38.6 Å². The maximum atomic E-state index is 13.0. The zero-order valence-electron chi connectivity index (χ0n) is 17.9. The predicted molar refractivity (Wildman–Crippen MR) is 125 cm³/mol. The van der Waals surface area contributed by atoms with Crippen LogP contribution in [0.1, 0.15) is 5.56 Å². The number of methoxy groups -OCH3 is 3. The molecule has 0 atom stereocenters. The first-order valence-electron chi connectivity index (χ1n) is 9.83. The van der Waals surface area contributed by atoms with Crippen LogP contribution in [0.15, 0.2) is 76.6 Å². The minimum absolute atomic E-state index is 0.203. The highest BCUT2D eigenvalue weighted by molar-refractivity contribution is 5.91. The Bertz CT molecular complexity index is 1310. The highest BCUT2D eigenvalue weighted by Gasteiger charge is 2.13. The van der Waals surface area contributed by atoms with Gasteiger partial charge in [0, 0.05) is 10.9 Å². The second kappa shape index (κ2) is 9.22. The average molecular weight is 430 g/mol. The third kappa shape index (κ3) is 3.98. The van der Waals surface area contributed by atoms with Crippen molar-refractivity contribution in [1.29, 1.82) is 0 Å². The van der Waals surface area contributed by atoms with E-state index in [1.807, 2.05) is 48.5 Å². The van der Waals surface area contributed by atoms with Crippen molar-refractivity contribution in [1.82, 2.24) is 9.78 Å². The van der Waals surface area contributed by atoms with E-state index in [1.54, 1.807) is 45.7 Å². The lowest BCUT2D eigenvalue weighted by atomic mass is 10.2. The SMILES string of the molecule is COc1cc(/C=N/Nc2nn(-c3ccccc3)c(=O)c3ccccc23)cc(OC)c1OC. The number of nitrogens with one attached hydrogen (secondary N) is 1. The van der Waals surface area contributed by atoms with Crippen LogP contribution in [0.2, 0.25) is 0 Å². The van der Waals surface area contributed by atoms with Crippen LogP contribution in [-0.4, -0.2) is 37.3 Å². The number of rotatable bonds is 7. The first-order chi connectivity index (χ1) is 15.7. The summed E-state index contributed by atoms with van der Waals surface area (Å²) in [5, 5.41) is 10.0. The number of hydrogen-bond acceptors (Lipinski definition) is 7. The Labute approximate surface area is 184 Å². The molecule has 4 rings (SSSR count). The molecule has 162 valence electrons. The summed E-state index contributed by atoms with van der Waals surface area (Å²) in [6.45, 7) is 0. The molecular weight excluding hydrogens is 408 g/mol. The van der Waals surface area contributed by atoms with Crippen molar-refractivity contribution < 1.29 is 14.2 Å². The van der Waals surface area contributed by atoms with Crippen LogP contribution < -0.4 is 25.2 Å². The zero-order chi connectivity index (χ0) is 22.5. The third-order valence-corrected chi connectivity index (χ3v) is 4.88. The van der Waals surface area contributed by atoms with Crippen molar-refractivity contribution >= 4 is 22.8 Å². The molecule has 0 fully saturated rings. The number of benzene rings is 3. The summed E-state index contributed by atoms with van der Waals surface area (Å²) in [5.74, 6) is 2.00. The summed E-state index contributed by atoms with van der Waals surface area (Å²) >= 11 is 0. The van der Waals surface area contributed by atoms with Gasteiger partial charge in [-0.15, -0.1) is 5.10 Å². The van der Waals surface area contributed by atoms with E-state index in [1.165, 1.54) is 4.68 Å². The standard InChI is InChI=1S/C24H22N4O4/c1-30-20-13-16(14-21(31-2)22(20)32-3)15-25-26-23-18-11-7-8-12-19(18)24(29)28(27-23)17-9-5-4-6-10-17/h4-15H,1-3H3,(H,26,27)/b25-15+. The van der Waals surface area contributed by atoms with E-state index in [0.717, 1.165) is 5.56 Å². The Morgan fingerprint density at radius 3 is 2.12 bits per heavy atom. The van der Waals surface area contributed by atoms with Gasteiger partial charge in [-0.05, 0) is 30.3 Å². The van der Waals surface area contributed by atoms with Crippen LogP contribution in [0, 0.1) is 0 Å². The number of hydrogen-bond donors (Lipinski definition) is 1. The van der Waals surface area contributed by atoms with Crippen molar-refractivity contribution in [2.45, 2.75) is 0 Å². The van der Waals surface area contributed by atoms with Crippen LogP contribution in [0.25, 0.3) is 16.5 Å². The van der Waals surface area contributed by atoms with Gasteiger partial charge in [-0.1, -0.05) is 36.4 Å². The second-order valence-electron chi connectivity index (χ2n) is 6.78. The molecule has 1 N–H and O–H groups in total. The Kier molecular flexibility index (Phi) is 6.03. The maximum absolute atomic E-state index is 13.0. The number of ether oxygens (including phenoxy) is 3. The average Bonchev–Trinajstić information content (AvgIpc) is 2.85. The number of para-hydroxylation sites is 1. The van der Waals surface area contributed by atoms with E-state index in [-0.39, 0.29) is 5.56 Å². The second-order valence-corrected chi connectivity index (χ2v) is 6.78. The summed E-state index contributed by atoms with van der Waals surface area (Å²) < 4.78 is 17.5. The fourth-order valence-electron chi connectivity index (χ4n) is 3.36. The normalized spacial score (nSPS) is 11.0. The van der Waals surface area contributed by atoms with Crippen molar-refractivity contribution in [3.05, 3.63) is 82.6 Å². The Morgan fingerprint density at radius 2 is 1.50 bits per heavy atom. The van der Waals surface area contributed by atoms with Crippen LogP contribution in [0.5, 0.6) is 17.2 Å². The zero-order valence-corrected chi connectivity index (χ0v) is 17.9. The molecule has 0 radical (unpaired) electrons. The fourth-order valence-corrected chi connectivity index (χ4v) is 3.36.